The van der Waals surface area contributed by atoms with Gasteiger partial charge in [-0.25, -0.2) is 0 Å². The SMILES string of the molecule is C[C@H](NCCC1(O)CCC2(CC1)COC(C)(C)OC2)c1ccccc1Cl. The highest BCUT2D eigenvalue weighted by Crippen LogP contribution is 2.45. The van der Waals surface area contributed by atoms with Crippen LogP contribution in [-0.2, 0) is 9.47 Å². The summed E-state index contributed by atoms with van der Waals surface area (Å²) in [5, 5.41) is 15.3. The fraction of sp³-hybridized carbons (Fsp3) is 0.714. The fourth-order valence-electron chi connectivity index (χ4n) is 3.98. The molecule has 146 valence electrons. The van der Waals surface area contributed by atoms with E-state index in [1.807, 2.05) is 38.1 Å². The van der Waals surface area contributed by atoms with Gasteiger partial charge in [-0.15, -0.1) is 0 Å². The Kier molecular flexibility index (Phi) is 6.00. The Bertz CT molecular complexity index is 599. The maximum Gasteiger partial charge on any atom is 0.162 e. The van der Waals surface area contributed by atoms with Gasteiger partial charge in [0.1, 0.15) is 0 Å². The molecule has 0 unspecified atom stereocenters. The summed E-state index contributed by atoms with van der Waals surface area (Å²) in [5.74, 6) is -0.474. The Morgan fingerprint density at radius 1 is 1.12 bits per heavy atom. The predicted octanol–water partition coefficient (Wildman–Crippen LogP) is 4.46. The molecule has 1 spiro atoms. The lowest BCUT2D eigenvalue weighted by Crippen LogP contribution is -2.51. The lowest BCUT2D eigenvalue weighted by molar-refractivity contribution is -0.293. The molecule has 0 aromatic heterocycles. The molecule has 1 aliphatic heterocycles. The van der Waals surface area contributed by atoms with E-state index < -0.39 is 11.4 Å². The normalized spacial score (nSPS) is 25.1. The molecule has 0 amide bonds. The van der Waals surface area contributed by atoms with Crippen LogP contribution in [0.15, 0.2) is 24.3 Å². The van der Waals surface area contributed by atoms with Crippen molar-refractivity contribution in [2.75, 3.05) is 19.8 Å². The zero-order valence-electron chi connectivity index (χ0n) is 16.2. The van der Waals surface area contributed by atoms with Crippen LogP contribution in [0.2, 0.25) is 5.02 Å². The second kappa shape index (κ2) is 7.76. The maximum absolute atomic E-state index is 11.0. The van der Waals surface area contributed by atoms with Gasteiger partial charge < -0.3 is 19.9 Å². The number of ether oxygens (including phenoxy) is 2. The van der Waals surface area contributed by atoms with Crippen LogP contribution in [0, 0.1) is 5.41 Å². The van der Waals surface area contributed by atoms with E-state index in [2.05, 4.69) is 12.2 Å². The summed E-state index contributed by atoms with van der Waals surface area (Å²) < 4.78 is 11.7. The van der Waals surface area contributed by atoms with Crippen LogP contribution < -0.4 is 5.32 Å². The highest BCUT2D eigenvalue weighted by molar-refractivity contribution is 6.31. The number of hydrogen-bond acceptors (Lipinski definition) is 4. The third-order valence-electron chi connectivity index (χ3n) is 6.11. The van der Waals surface area contributed by atoms with E-state index in [1.54, 1.807) is 0 Å². The molecule has 1 aromatic carbocycles. The van der Waals surface area contributed by atoms with Crippen LogP contribution in [0.1, 0.15) is 64.5 Å². The van der Waals surface area contributed by atoms with Gasteiger partial charge in [0.15, 0.2) is 5.79 Å². The minimum atomic E-state index is -0.592. The van der Waals surface area contributed by atoms with Crippen molar-refractivity contribution >= 4 is 11.6 Å². The molecule has 0 bridgehead atoms. The van der Waals surface area contributed by atoms with Crippen molar-refractivity contribution < 1.29 is 14.6 Å². The quantitative estimate of drug-likeness (QED) is 0.790. The highest BCUT2D eigenvalue weighted by Gasteiger charge is 2.46. The first-order valence-electron chi connectivity index (χ1n) is 9.71. The monoisotopic (exact) mass is 381 g/mol. The third kappa shape index (κ3) is 4.79. The van der Waals surface area contributed by atoms with E-state index >= 15 is 0 Å². The fourth-order valence-corrected chi connectivity index (χ4v) is 4.28. The van der Waals surface area contributed by atoms with Gasteiger partial charge in [-0.05, 0) is 71.0 Å². The highest BCUT2D eigenvalue weighted by atomic mass is 35.5. The van der Waals surface area contributed by atoms with Crippen molar-refractivity contribution in [1.29, 1.82) is 0 Å². The summed E-state index contributed by atoms with van der Waals surface area (Å²) in [5.41, 5.74) is 0.591. The Morgan fingerprint density at radius 3 is 2.35 bits per heavy atom. The molecule has 3 rings (SSSR count). The minimum absolute atomic E-state index is 0.0834. The molecule has 2 fully saturated rings. The van der Waals surface area contributed by atoms with Gasteiger partial charge >= 0.3 is 0 Å². The van der Waals surface area contributed by atoms with Crippen molar-refractivity contribution in [1.82, 2.24) is 5.32 Å². The van der Waals surface area contributed by atoms with Crippen molar-refractivity contribution in [3.8, 4) is 0 Å². The van der Waals surface area contributed by atoms with Gasteiger partial charge in [-0.3, -0.25) is 0 Å². The van der Waals surface area contributed by atoms with Crippen LogP contribution in [0.4, 0.5) is 0 Å². The van der Waals surface area contributed by atoms with Crippen molar-refractivity contribution in [3.63, 3.8) is 0 Å². The third-order valence-corrected chi connectivity index (χ3v) is 6.45. The van der Waals surface area contributed by atoms with Gasteiger partial charge in [0.2, 0.25) is 0 Å². The number of rotatable bonds is 5. The molecule has 1 heterocycles. The van der Waals surface area contributed by atoms with Gasteiger partial charge in [-0.1, -0.05) is 29.8 Å². The molecule has 1 atom stereocenters. The summed E-state index contributed by atoms with van der Waals surface area (Å²) in [6.07, 6.45) is 4.29. The zero-order valence-corrected chi connectivity index (χ0v) is 16.9. The number of benzene rings is 1. The summed E-state index contributed by atoms with van der Waals surface area (Å²) in [6.45, 7) is 8.28. The number of hydrogen-bond donors (Lipinski definition) is 2. The Hall–Kier alpha value is -0.650. The molecule has 2 N–H and O–H groups in total. The van der Waals surface area contributed by atoms with Crippen molar-refractivity contribution in [2.45, 2.75) is 70.3 Å². The number of nitrogens with one attached hydrogen (secondary N) is 1. The molecule has 1 aliphatic carbocycles. The summed E-state index contributed by atoms with van der Waals surface area (Å²) >= 11 is 6.26. The summed E-state index contributed by atoms with van der Waals surface area (Å²) in [7, 11) is 0. The lowest BCUT2D eigenvalue weighted by atomic mass is 9.68. The van der Waals surface area contributed by atoms with Crippen molar-refractivity contribution in [2.24, 2.45) is 5.41 Å². The lowest BCUT2D eigenvalue weighted by Gasteiger charge is -2.49. The second-order valence-corrected chi connectivity index (χ2v) is 9.06. The largest absolute Gasteiger partial charge is 0.390 e. The smallest absolute Gasteiger partial charge is 0.162 e. The van der Waals surface area contributed by atoms with E-state index in [9.17, 15) is 5.11 Å². The van der Waals surface area contributed by atoms with Gasteiger partial charge in [0.05, 0.1) is 18.8 Å². The molecule has 1 aromatic rings. The first kappa shape index (κ1) is 20.1. The maximum atomic E-state index is 11.0. The standard InChI is InChI=1S/C21H32ClNO3/c1-16(17-6-4-5-7-18(17)22)23-13-12-21(24)10-8-20(9-11-21)14-25-19(2,3)26-15-20/h4-7,16,23-24H,8-15H2,1-3H3/t16-/m0/s1. The van der Waals surface area contributed by atoms with Crippen LogP contribution in [0.3, 0.4) is 0 Å². The predicted molar refractivity (Wildman–Crippen MR) is 104 cm³/mol. The number of aliphatic hydroxyl groups is 1. The van der Waals surface area contributed by atoms with Crippen LogP contribution in [-0.4, -0.2) is 36.3 Å². The average Bonchev–Trinajstić information content (AvgIpc) is 2.61. The van der Waals surface area contributed by atoms with E-state index in [0.29, 0.717) is 0 Å². The Morgan fingerprint density at radius 2 is 1.73 bits per heavy atom. The minimum Gasteiger partial charge on any atom is -0.390 e. The summed E-state index contributed by atoms with van der Waals surface area (Å²) in [4.78, 5) is 0. The van der Waals surface area contributed by atoms with Crippen molar-refractivity contribution in [3.05, 3.63) is 34.9 Å². The molecule has 4 nitrogen and oxygen atoms in total. The first-order valence-corrected chi connectivity index (χ1v) is 10.1. The Balaban J connectivity index is 1.46. The van der Waals surface area contributed by atoms with Crippen LogP contribution in [0.5, 0.6) is 0 Å². The molecule has 5 heteroatoms. The average molecular weight is 382 g/mol. The van der Waals surface area contributed by atoms with E-state index in [-0.39, 0.29) is 11.5 Å². The first-order chi connectivity index (χ1) is 12.2. The van der Waals surface area contributed by atoms with E-state index in [1.165, 1.54) is 0 Å². The molecular weight excluding hydrogens is 350 g/mol. The molecule has 2 aliphatic rings. The molecule has 0 radical (unpaired) electrons. The molecular formula is C21H32ClNO3. The molecule has 26 heavy (non-hydrogen) atoms. The molecule has 1 saturated carbocycles. The number of halogens is 1. The summed E-state index contributed by atoms with van der Waals surface area (Å²) in [6, 6.07) is 8.08. The van der Waals surface area contributed by atoms with E-state index in [4.69, 9.17) is 21.1 Å². The van der Waals surface area contributed by atoms with Gasteiger partial charge in [0.25, 0.3) is 0 Å². The topological polar surface area (TPSA) is 50.7 Å². The van der Waals surface area contributed by atoms with Gasteiger partial charge in [0, 0.05) is 16.5 Å². The Labute approximate surface area is 162 Å². The zero-order chi connectivity index (χ0) is 18.8. The van der Waals surface area contributed by atoms with Gasteiger partial charge in [-0.2, -0.15) is 0 Å². The second-order valence-electron chi connectivity index (χ2n) is 8.65. The van der Waals surface area contributed by atoms with E-state index in [0.717, 1.165) is 62.4 Å². The van der Waals surface area contributed by atoms with Crippen LogP contribution in [0.25, 0.3) is 0 Å². The van der Waals surface area contributed by atoms with Crippen LogP contribution >= 0.6 is 11.6 Å². The molecule has 1 saturated heterocycles.